The van der Waals surface area contributed by atoms with Crippen molar-refractivity contribution in [3.63, 3.8) is 0 Å². The Hall–Kier alpha value is -4.31. The molecule has 0 spiro atoms. The number of aromatic amines is 1. The van der Waals surface area contributed by atoms with Gasteiger partial charge in [-0.3, -0.25) is 23.7 Å². The van der Waals surface area contributed by atoms with Crippen LogP contribution in [0.2, 0.25) is 0 Å². The van der Waals surface area contributed by atoms with Crippen LogP contribution in [-0.4, -0.2) is 55.8 Å². The first-order valence-corrected chi connectivity index (χ1v) is 14.0. The summed E-state index contributed by atoms with van der Waals surface area (Å²) in [4.78, 5) is 47.9. The van der Waals surface area contributed by atoms with Gasteiger partial charge in [0.15, 0.2) is 5.82 Å². The monoisotopic (exact) mass is 557 g/mol. The van der Waals surface area contributed by atoms with Gasteiger partial charge in [0.25, 0.3) is 5.56 Å². The number of morpholine rings is 1. The summed E-state index contributed by atoms with van der Waals surface area (Å²) in [7, 11) is 0. The van der Waals surface area contributed by atoms with E-state index in [9.17, 15) is 14.4 Å². The SMILES string of the molecule is CCCc1nc(C)c(CC(=O)N2C(C)COCC2C)c(=O)n1Cc1ccc(-c2ccccc2-c2noc(=O)[nH]2)cc1. The van der Waals surface area contributed by atoms with Crippen LogP contribution in [0.15, 0.2) is 62.6 Å². The number of hydrogen-bond acceptors (Lipinski definition) is 7. The Morgan fingerprint density at radius 1 is 1.02 bits per heavy atom. The fourth-order valence-corrected chi connectivity index (χ4v) is 5.54. The van der Waals surface area contributed by atoms with Crippen LogP contribution in [0, 0.1) is 6.92 Å². The van der Waals surface area contributed by atoms with Crippen molar-refractivity contribution in [2.75, 3.05) is 13.2 Å². The molecule has 5 rings (SSSR count). The van der Waals surface area contributed by atoms with E-state index in [0.29, 0.717) is 49.1 Å². The molecule has 0 radical (unpaired) electrons. The first kappa shape index (κ1) is 28.2. The van der Waals surface area contributed by atoms with E-state index in [4.69, 9.17) is 14.2 Å². The van der Waals surface area contributed by atoms with Gasteiger partial charge in [-0.1, -0.05) is 60.6 Å². The molecule has 1 fully saturated rings. The van der Waals surface area contributed by atoms with Gasteiger partial charge in [-0.05, 0) is 43.9 Å². The predicted octanol–water partition coefficient (Wildman–Crippen LogP) is 3.74. The number of hydrogen-bond donors (Lipinski definition) is 1. The fraction of sp³-hybridized carbons (Fsp3) is 0.387. The average molecular weight is 558 g/mol. The van der Waals surface area contributed by atoms with Crippen molar-refractivity contribution in [1.82, 2.24) is 24.6 Å². The maximum Gasteiger partial charge on any atom is 0.439 e. The highest BCUT2D eigenvalue weighted by atomic mass is 16.5. The van der Waals surface area contributed by atoms with Crippen molar-refractivity contribution in [2.24, 2.45) is 0 Å². The van der Waals surface area contributed by atoms with Crippen LogP contribution in [-0.2, 0) is 28.9 Å². The number of carbonyl (C=O) groups excluding carboxylic acids is 1. The number of ether oxygens (including phenoxy) is 1. The van der Waals surface area contributed by atoms with E-state index in [1.807, 2.05) is 74.2 Å². The van der Waals surface area contributed by atoms with Crippen molar-refractivity contribution in [2.45, 2.75) is 65.6 Å². The molecule has 10 heteroatoms. The molecule has 4 aromatic rings. The number of rotatable bonds is 8. The number of benzene rings is 2. The third kappa shape index (κ3) is 5.92. The lowest BCUT2D eigenvalue weighted by atomic mass is 9.98. The summed E-state index contributed by atoms with van der Waals surface area (Å²) in [6, 6.07) is 15.4. The van der Waals surface area contributed by atoms with Crippen molar-refractivity contribution in [3.05, 3.63) is 92.1 Å². The van der Waals surface area contributed by atoms with Gasteiger partial charge in [0, 0.05) is 23.2 Å². The minimum absolute atomic E-state index is 0.0125. The highest BCUT2D eigenvalue weighted by Crippen LogP contribution is 2.30. The Morgan fingerprint density at radius 2 is 1.71 bits per heavy atom. The van der Waals surface area contributed by atoms with Crippen molar-refractivity contribution >= 4 is 5.91 Å². The van der Waals surface area contributed by atoms with Gasteiger partial charge in [0.2, 0.25) is 5.91 Å². The molecule has 0 bridgehead atoms. The lowest BCUT2D eigenvalue weighted by Gasteiger charge is -2.39. The molecule has 1 N–H and O–H groups in total. The number of amides is 1. The largest absolute Gasteiger partial charge is 0.439 e. The standard InChI is InChI=1S/C31H35N5O5/c1-5-8-27-32-21(4)26(15-28(37)36-19(2)17-40-18-20(36)3)30(38)35(27)16-22-11-13-23(14-12-22)24-9-6-7-10-25(24)29-33-31(39)41-34-29/h6-7,9-14,19-20H,5,8,15-18H2,1-4H3,(H,33,34,39). The first-order chi connectivity index (χ1) is 19.8. The Labute approximate surface area is 238 Å². The molecule has 1 saturated heterocycles. The molecule has 2 unspecified atom stereocenters. The Morgan fingerprint density at radius 3 is 2.34 bits per heavy atom. The predicted molar refractivity (Wildman–Crippen MR) is 155 cm³/mol. The highest BCUT2D eigenvalue weighted by Gasteiger charge is 2.30. The molecule has 41 heavy (non-hydrogen) atoms. The van der Waals surface area contributed by atoms with Gasteiger partial charge in [-0.15, -0.1) is 0 Å². The third-order valence-corrected chi connectivity index (χ3v) is 7.53. The van der Waals surface area contributed by atoms with Crippen LogP contribution >= 0.6 is 0 Å². The zero-order valence-corrected chi connectivity index (χ0v) is 23.8. The minimum Gasteiger partial charge on any atom is -0.377 e. The topological polar surface area (TPSA) is 123 Å². The van der Waals surface area contributed by atoms with Gasteiger partial charge >= 0.3 is 5.76 Å². The summed E-state index contributed by atoms with van der Waals surface area (Å²) in [5, 5.41) is 3.83. The van der Waals surface area contributed by atoms with E-state index < -0.39 is 5.76 Å². The fourth-order valence-electron chi connectivity index (χ4n) is 5.54. The molecule has 10 nitrogen and oxygen atoms in total. The van der Waals surface area contributed by atoms with Crippen molar-refractivity contribution in [3.8, 4) is 22.5 Å². The summed E-state index contributed by atoms with van der Waals surface area (Å²) in [6.45, 7) is 9.12. The number of H-pyrrole nitrogens is 1. The molecule has 2 atom stereocenters. The summed E-state index contributed by atoms with van der Waals surface area (Å²) >= 11 is 0. The quantitative estimate of drug-likeness (QED) is 0.350. The second-order valence-corrected chi connectivity index (χ2v) is 10.6. The normalized spacial score (nSPS) is 17.1. The maximum absolute atomic E-state index is 13.8. The number of nitrogens with one attached hydrogen (secondary N) is 1. The van der Waals surface area contributed by atoms with Crippen molar-refractivity contribution < 1.29 is 14.1 Å². The third-order valence-electron chi connectivity index (χ3n) is 7.53. The van der Waals surface area contributed by atoms with Crippen LogP contribution < -0.4 is 11.3 Å². The number of carbonyl (C=O) groups is 1. The number of nitrogens with zero attached hydrogens (tertiary/aromatic N) is 4. The summed E-state index contributed by atoms with van der Waals surface area (Å²) in [5.41, 5.74) is 4.36. The lowest BCUT2D eigenvalue weighted by molar-refractivity contribution is -0.143. The number of aromatic nitrogens is 4. The second kappa shape index (κ2) is 12.1. The summed E-state index contributed by atoms with van der Waals surface area (Å²) in [6.07, 6.45) is 1.51. The van der Waals surface area contributed by atoms with Gasteiger partial charge in [-0.2, -0.15) is 0 Å². The van der Waals surface area contributed by atoms with Crippen LogP contribution in [0.5, 0.6) is 0 Å². The van der Waals surface area contributed by atoms with E-state index in [-0.39, 0.29) is 30.0 Å². The van der Waals surface area contributed by atoms with E-state index in [0.717, 1.165) is 28.7 Å². The Kier molecular flexibility index (Phi) is 8.30. The van der Waals surface area contributed by atoms with Gasteiger partial charge in [0.1, 0.15) is 5.82 Å². The van der Waals surface area contributed by atoms with Crippen LogP contribution in [0.1, 0.15) is 49.8 Å². The minimum atomic E-state index is -0.611. The Bertz CT molecular complexity index is 1640. The molecule has 3 heterocycles. The molecule has 214 valence electrons. The molecule has 0 saturated carbocycles. The van der Waals surface area contributed by atoms with E-state index >= 15 is 0 Å². The second-order valence-electron chi connectivity index (χ2n) is 10.6. The molecule has 2 aromatic carbocycles. The molecule has 1 aliphatic rings. The van der Waals surface area contributed by atoms with E-state index in [2.05, 4.69) is 17.1 Å². The van der Waals surface area contributed by atoms with Gasteiger partial charge in [0.05, 0.1) is 38.3 Å². The number of aryl methyl sites for hydroxylation is 2. The highest BCUT2D eigenvalue weighted by molar-refractivity contribution is 5.80. The first-order valence-electron chi connectivity index (χ1n) is 14.0. The van der Waals surface area contributed by atoms with E-state index in [1.165, 1.54) is 0 Å². The lowest BCUT2D eigenvalue weighted by Crippen LogP contribution is -2.53. The van der Waals surface area contributed by atoms with Crippen LogP contribution in [0.3, 0.4) is 0 Å². The zero-order valence-electron chi connectivity index (χ0n) is 23.8. The molecular formula is C31H35N5O5. The Balaban J connectivity index is 1.44. The van der Waals surface area contributed by atoms with Crippen LogP contribution in [0.25, 0.3) is 22.5 Å². The molecule has 0 aliphatic carbocycles. The van der Waals surface area contributed by atoms with Crippen molar-refractivity contribution in [1.29, 1.82) is 0 Å². The van der Waals surface area contributed by atoms with E-state index in [1.54, 1.807) is 4.57 Å². The molecule has 1 amide bonds. The molecule has 1 aliphatic heterocycles. The van der Waals surface area contributed by atoms with Gasteiger partial charge < -0.3 is 9.64 Å². The molecular weight excluding hydrogens is 522 g/mol. The molecule has 2 aromatic heterocycles. The zero-order chi connectivity index (χ0) is 29.1. The van der Waals surface area contributed by atoms with Gasteiger partial charge in [-0.25, -0.2) is 9.78 Å². The smallest absolute Gasteiger partial charge is 0.377 e. The summed E-state index contributed by atoms with van der Waals surface area (Å²) < 4.78 is 12.0. The summed E-state index contributed by atoms with van der Waals surface area (Å²) in [5.74, 6) is 0.379. The average Bonchev–Trinajstić information content (AvgIpc) is 3.39. The maximum atomic E-state index is 13.8. The van der Waals surface area contributed by atoms with Crippen LogP contribution in [0.4, 0.5) is 0 Å².